The highest BCUT2D eigenvalue weighted by Crippen LogP contribution is 2.67. The maximum Gasteiger partial charge on any atom is -0.0170 e. The predicted molar refractivity (Wildman–Crippen MR) is 84.9 cm³/mol. The Labute approximate surface area is 117 Å². The van der Waals surface area contributed by atoms with Crippen molar-refractivity contribution in [2.45, 2.75) is 89.5 Å². The second kappa shape index (κ2) is 4.53. The van der Waals surface area contributed by atoms with Crippen LogP contribution < -0.4 is 0 Å². The molecule has 0 fully saturated rings. The largest absolute Gasteiger partial charge is 0.0649 e. The van der Waals surface area contributed by atoms with Crippen LogP contribution in [-0.4, -0.2) is 0 Å². The van der Waals surface area contributed by atoms with E-state index in [1.807, 2.05) is 0 Å². The van der Waals surface area contributed by atoms with Gasteiger partial charge in [-0.1, -0.05) is 89.5 Å². The Hall–Kier alpha value is 0. The Morgan fingerprint density at radius 3 is 1.06 bits per heavy atom. The summed E-state index contributed by atoms with van der Waals surface area (Å²) < 4.78 is 0. The molecular formula is C18H38. The molecule has 0 aliphatic carbocycles. The summed E-state index contributed by atoms with van der Waals surface area (Å²) in [5.74, 6) is 0. The Balaban J connectivity index is 6.14. The zero-order valence-corrected chi connectivity index (χ0v) is 15.2. The molecule has 0 aromatic rings. The third-order valence-electron chi connectivity index (χ3n) is 6.86. The molecule has 0 saturated carbocycles. The van der Waals surface area contributed by atoms with Crippen LogP contribution in [0.5, 0.6) is 0 Å². The minimum atomic E-state index is 0.262. The van der Waals surface area contributed by atoms with Gasteiger partial charge in [-0.15, -0.1) is 0 Å². The topological polar surface area (TPSA) is 0 Å². The van der Waals surface area contributed by atoms with Gasteiger partial charge in [-0.3, -0.25) is 0 Å². The van der Waals surface area contributed by atoms with Gasteiger partial charge in [0.1, 0.15) is 0 Å². The molecule has 0 radical (unpaired) electrons. The molecule has 110 valence electrons. The molecule has 0 N–H and O–H groups in total. The van der Waals surface area contributed by atoms with Crippen molar-refractivity contribution in [1.82, 2.24) is 0 Å². The fourth-order valence-electron chi connectivity index (χ4n) is 3.90. The third kappa shape index (κ3) is 2.37. The molecule has 1 unspecified atom stereocenters. The summed E-state index contributed by atoms with van der Waals surface area (Å²) in [6, 6.07) is 0. The van der Waals surface area contributed by atoms with Crippen LogP contribution in [0.3, 0.4) is 0 Å². The molecule has 0 aliphatic heterocycles. The SMILES string of the molecule is CCC(C)(C)C(C)(C(C)(C)C)C(C)(C)C(C)(C)C. The number of rotatable bonds is 3. The molecule has 0 aromatic carbocycles. The van der Waals surface area contributed by atoms with Gasteiger partial charge in [0, 0.05) is 0 Å². The molecule has 0 heterocycles. The molecule has 0 amide bonds. The zero-order valence-electron chi connectivity index (χ0n) is 15.2. The van der Waals surface area contributed by atoms with Crippen molar-refractivity contribution in [3.05, 3.63) is 0 Å². The van der Waals surface area contributed by atoms with Gasteiger partial charge in [0.2, 0.25) is 0 Å². The van der Waals surface area contributed by atoms with E-state index in [0.29, 0.717) is 10.8 Å². The molecule has 0 rings (SSSR count). The first kappa shape index (κ1) is 18.0. The van der Waals surface area contributed by atoms with E-state index in [4.69, 9.17) is 0 Å². The van der Waals surface area contributed by atoms with E-state index in [0.717, 1.165) is 0 Å². The van der Waals surface area contributed by atoms with Gasteiger partial charge in [0.25, 0.3) is 0 Å². The van der Waals surface area contributed by atoms with Crippen molar-refractivity contribution in [3.63, 3.8) is 0 Å². The van der Waals surface area contributed by atoms with Crippen LogP contribution in [0.4, 0.5) is 0 Å². The van der Waals surface area contributed by atoms with E-state index in [2.05, 4.69) is 83.1 Å². The Morgan fingerprint density at radius 1 is 0.556 bits per heavy atom. The van der Waals surface area contributed by atoms with Crippen LogP contribution in [0.15, 0.2) is 0 Å². The monoisotopic (exact) mass is 254 g/mol. The van der Waals surface area contributed by atoms with Crippen molar-refractivity contribution in [3.8, 4) is 0 Å². The van der Waals surface area contributed by atoms with Gasteiger partial charge in [-0.25, -0.2) is 0 Å². The summed E-state index contributed by atoms with van der Waals surface area (Å²) in [4.78, 5) is 0. The lowest BCUT2D eigenvalue weighted by Gasteiger charge is -2.65. The van der Waals surface area contributed by atoms with Crippen LogP contribution in [0.25, 0.3) is 0 Å². The molecule has 18 heavy (non-hydrogen) atoms. The van der Waals surface area contributed by atoms with E-state index in [-0.39, 0.29) is 16.2 Å². The molecule has 0 spiro atoms. The average Bonchev–Trinajstić information content (AvgIpc) is 2.12. The fourth-order valence-corrected chi connectivity index (χ4v) is 3.90. The van der Waals surface area contributed by atoms with Crippen molar-refractivity contribution < 1.29 is 0 Å². The number of hydrogen-bond donors (Lipinski definition) is 0. The minimum Gasteiger partial charge on any atom is -0.0649 e. The van der Waals surface area contributed by atoms with Gasteiger partial charge in [0.05, 0.1) is 0 Å². The zero-order chi connectivity index (χ0) is 15.2. The van der Waals surface area contributed by atoms with Gasteiger partial charge in [-0.2, -0.15) is 0 Å². The van der Waals surface area contributed by atoms with Crippen LogP contribution in [0, 0.1) is 27.1 Å². The van der Waals surface area contributed by atoms with Gasteiger partial charge in [-0.05, 0) is 27.1 Å². The summed E-state index contributed by atoms with van der Waals surface area (Å²) in [6.45, 7) is 29.1. The van der Waals surface area contributed by atoms with Gasteiger partial charge < -0.3 is 0 Å². The van der Waals surface area contributed by atoms with Crippen molar-refractivity contribution in [1.29, 1.82) is 0 Å². The second-order valence-electron chi connectivity index (χ2n) is 9.49. The fraction of sp³-hybridized carbons (Fsp3) is 1.00. The average molecular weight is 255 g/mol. The smallest absolute Gasteiger partial charge is 0.0170 e. The van der Waals surface area contributed by atoms with E-state index < -0.39 is 0 Å². The predicted octanol–water partition coefficient (Wildman–Crippen LogP) is 6.55. The molecule has 0 heteroatoms. The molecule has 0 aliphatic rings. The first-order chi connectivity index (χ1) is 7.56. The molecule has 0 bridgehead atoms. The van der Waals surface area contributed by atoms with Crippen LogP contribution in [0.1, 0.15) is 89.5 Å². The van der Waals surface area contributed by atoms with Crippen molar-refractivity contribution >= 4 is 0 Å². The first-order valence-electron chi connectivity index (χ1n) is 7.56. The maximum atomic E-state index is 2.52. The lowest BCUT2D eigenvalue weighted by Crippen LogP contribution is -2.58. The van der Waals surface area contributed by atoms with Gasteiger partial charge >= 0.3 is 0 Å². The number of hydrogen-bond acceptors (Lipinski definition) is 0. The molecule has 1 atom stereocenters. The van der Waals surface area contributed by atoms with E-state index in [1.54, 1.807) is 0 Å². The van der Waals surface area contributed by atoms with Crippen LogP contribution >= 0.6 is 0 Å². The van der Waals surface area contributed by atoms with E-state index >= 15 is 0 Å². The molecular weight excluding hydrogens is 216 g/mol. The van der Waals surface area contributed by atoms with Crippen LogP contribution in [-0.2, 0) is 0 Å². The highest BCUT2D eigenvalue weighted by molar-refractivity contribution is 5.08. The van der Waals surface area contributed by atoms with Gasteiger partial charge in [0.15, 0.2) is 0 Å². The van der Waals surface area contributed by atoms with Crippen LogP contribution in [0.2, 0.25) is 0 Å². The summed E-state index contributed by atoms with van der Waals surface area (Å²) in [6.07, 6.45) is 1.22. The summed E-state index contributed by atoms with van der Waals surface area (Å²) in [5, 5.41) is 0. The highest BCUT2D eigenvalue weighted by atomic mass is 14.6. The lowest BCUT2D eigenvalue weighted by atomic mass is 9.39. The third-order valence-corrected chi connectivity index (χ3v) is 6.86. The second-order valence-corrected chi connectivity index (χ2v) is 9.49. The minimum absolute atomic E-state index is 0.262. The summed E-state index contributed by atoms with van der Waals surface area (Å²) in [7, 11) is 0. The Kier molecular flexibility index (Phi) is 4.53. The Bertz CT molecular complexity index is 280. The lowest BCUT2D eigenvalue weighted by molar-refractivity contribution is -0.168. The quantitative estimate of drug-likeness (QED) is 0.536. The standard InChI is InChI=1S/C18H38/c1-13-16(8,9)18(12,15(5,6)7)17(10,11)14(2,3)4/h13H2,1-12H3. The summed E-state index contributed by atoms with van der Waals surface area (Å²) in [5.41, 5.74) is 1.42. The Morgan fingerprint density at radius 2 is 0.889 bits per heavy atom. The maximum absolute atomic E-state index is 2.52. The first-order valence-corrected chi connectivity index (χ1v) is 7.56. The van der Waals surface area contributed by atoms with E-state index in [9.17, 15) is 0 Å². The highest BCUT2D eigenvalue weighted by Gasteiger charge is 2.60. The van der Waals surface area contributed by atoms with Crippen molar-refractivity contribution in [2.24, 2.45) is 27.1 Å². The normalized spacial score (nSPS) is 18.7. The van der Waals surface area contributed by atoms with Crippen molar-refractivity contribution in [2.75, 3.05) is 0 Å². The molecule has 0 saturated heterocycles. The van der Waals surface area contributed by atoms with E-state index in [1.165, 1.54) is 6.42 Å². The molecule has 0 nitrogen and oxygen atoms in total. The summed E-state index contributed by atoms with van der Waals surface area (Å²) >= 11 is 0. The molecule has 0 aromatic heterocycles.